The van der Waals surface area contributed by atoms with E-state index in [1.165, 1.54) is 0 Å². The second-order valence-corrected chi connectivity index (χ2v) is 14.3. The maximum atomic E-state index is 14.4. The van der Waals surface area contributed by atoms with E-state index in [0.717, 1.165) is 0 Å². The van der Waals surface area contributed by atoms with Gasteiger partial charge >= 0.3 is 83.4 Å². The molecule has 2 amide bonds. The number of amides is 2. The number of hydrogen-bond acceptors (Lipinski definition) is 2. The summed E-state index contributed by atoms with van der Waals surface area (Å²) in [6.07, 6.45) is -18.2. The van der Waals surface area contributed by atoms with Gasteiger partial charge in [0.25, 0.3) is 11.8 Å². The van der Waals surface area contributed by atoms with E-state index in [1.807, 2.05) is 0 Å². The highest BCUT2D eigenvalue weighted by Crippen LogP contribution is 2.64. The lowest BCUT2D eigenvalue weighted by atomic mass is 9.86. The fourth-order valence-corrected chi connectivity index (χ4v) is 6.14. The molecule has 2 fully saturated rings. The van der Waals surface area contributed by atoms with Gasteiger partial charge in [-0.2, -0.15) is 132 Å². The van der Waals surface area contributed by atoms with Gasteiger partial charge < -0.3 is 9.80 Å². The average molecular weight is 1000 g/mol. The predicted molar refractivity (Wildman–Crippen MR) is 144 cm³/mol. The van der Waals surface area contributed by atoms with Crippen molar-refractivity contribution in [3.8, 4) is 0 Å². The van der Waals surface area contributed by atoms with Crippen LogP contribution in [0.25, 0.3) is 0 Å². The zero-order valence-corrected chi connectivity index (χ0v) is 30.0. The summed E-state index contributed by atoms with van der Waals surface area (Å²) in [7, 11) is 0. The van der Waals surface area contributed by atoms with Gasteiger partial charge in [0.2, 0.25) is 0 Å². The van der Waals surface area contributed by atoms with Crippen LogP contribution in [-0.4, -0.2) is 131 Å². The highest BCUT2D eigenvalue weighted by atomic mass is 19.4. The van der Waals surface area contributed by atoms with Crippen molar-refractivity contribution in [3.63, 3.8) is 0 Å². The van der Waals surface area contributed by atoms with Crippen molar-refractivity contribution in [3.05, 3.63) is 0 Å². The molecule has 63 heavy (non-hydrogen) atoms. The monoisotopic (exact) mass is 1000 g/mol. The van der Waals surface area contributed by atoms with Gasteiger partial charge in [0.1, 0.15) is 0 Å². The normalized spacial score (nSPS) is 19.2. The van der Waals surface area contributed by atoms with Gasteiger partial charge in [-0.05, 0) is 37.5 Å². The molecule has 0 aromatic heterocycles. The lowest BCUT2D eigenvalue weighted by molar-refractivity contribution is -0.450. The molecule has 372 valence electrons. The number of carbonyl (C=O) groups is 2. The Bertz CT molecular complexity index is 1520. The second kappa shape index (κ2) is 16.3. The molecule has 0 aromatic rings. The fraction of sp³-hybridized carbons (Fsp3) is 0.931. The van der Waals surface area contributed by atoms with E-state index >= 15 is 0 Å². The Kier molecular flexibility index (Phi) is 14.5. The highest BCUT2D eigenvalue weighted by Gasteiger charge is 2.95. The Morgan fingerprint density at radius 3 is 0.714 bits per heavy atom. The molecule has 0 aliphatic carbocycles. The molecule has 34 heteroatoms. The molecule has 2 rings (SSSR count). The zero-order chi connectivity index (χ0) is 50.2. The van der Waals surface area contributed by atoms with Crippen LogP contribution >= 0.6 is 0 Å². The maximum absolute atomic E-state index is 14.4. The third-order valence-electron chi connectivity index (χ3n) is 10.2. The van der Waals surface area contributed by atoms with E-state index < -0.39 is 169 Å². The number of carbonyl (C=O) groups excluding carboxylic acids is 2. The quantitative estimate of drug-likeness (QED) is 0.145. The topological polar surface area (TPSA) is 40.6 Å². The number of alkyl halides is 30. The Morgan fingerprint density at radius 2 is 0.508 bits per heavy atom. The van der Waals surface area contributed by atoms with Crippen LogP contribution in [-0.2, 0) is 9.59 Å². The van der Waals surface area contributed by atoms with Gasteiger partial charge in [-0.3, -0.25) is 9.59 Å². The molecule has 0 N–H and O–H groups in total. The van der Waals surface area contributed by atoms with Gasteiger partial charge in [0.15, 0.2) is 0 Å². The molecule has 2 saturated heterocycles. The van der Waals surface area contributed by atoms with Crippen LogP contribution in [0, 0.1) is 11.8 Å². The van der Waals surface area contributed by atoms with E-state index in [-0.39, 0.29) is 19.3 Å². The number of rotatable bonds is 16. The molecule has 0 bridgehead atoms. The van der Waals surface area contributed by atoms with E-state index in [9.17, 15) is 141 Å². The lowest BCUT2D eigenvalue weighted by Crippen LogP contribution is -2.74. The van der Waals surface area contributed by atoms with Crippen LogP contribution in [0.5, 0.6) is 0 Å². The Balaban J connectivity index is 2.05. The number of piperidine rings is 2. The van der Waals surface area contributed by atoms with Crippen molar-refractivity contribution in [2.75, 3.05) is 26.2 Å². The summed E-state index contributed by atoms with van der Waals surface area (Å²) in [5.41, 5.74) is 0. The lowest BCUT2D eigenvalue weighted by Gasteiger charge is -2.42. The maximum Gasteiger partial charge on any atom is 0.460 e. The molecular formula is C29H24F30N2O2. The molecule has 0 spiro atoms. The molecule has 2 aliphatic heterocycles. The van der Waals surface area contributed by atoms with Crippen molar-refractivity contribution in [1.82, 2.24) is 9.80 Å². The minimum atomic E-state index is -8.62. The third kappa shape index (κ3) is 8.36. The first-order valence-corrected chi connectivity index (χ1v) is 16.7. The SMILES string of the molecule is O=C(N1CCC(CCCC2CCN(C(=O)C(F)(F)C(F)(F)C(F)(F)C(F)(F)C(F)(F)C(F)(F)C(F)(F)F)CC2)CC1)C(F)(F)C(F)(F)C(F)(F)C(F)(F)C(F)(F)C(F)(F)C(F)(F)F. The van der Waals surface area contributed by atoms with Gasteiger partial charge in [-0.1, -0.05) is 19.3 Å². The Labute approximate surface area is 330 Å². The van der Waals surface area contributed by atoms with Crippen molar-refractivity contribution in [2.45, 2.75) is 128 Å². The standard InChI is InChI=1S/C29H24F30N2O2/c30-16(31,18(34,35)20(38,39)22(42,43)24(46,47)26(50,51)28(54,55)56)14(62)60-8-4-12(5-9-60)2-1-3-13-6-10-61(11-7-13)15(63)17(32,33)19(36,37)21(40,41)23(44,45)25(48,49)27(52,53)29(57,58)59/h12-13H,1-11H2. The Morgan fingerprint density at radius 1 is 0.317 bits per heavy atom. The summed E-state index contributed by atoms with van der Waals surface area (Å²) in [5.74, 6) is -107. The van der Waals surface area contributed by atoms with Gasteiger partial charge in [-0.15, -0.1) is 0 Å². The van der Waals surface area contributed by atoms with E-state index in [0.29, 0.717) is 0 Å². The number of hydrogen-bond donors (Lipinski definition) is 0. The average Bonchev–Trinajstić information content (AvgIpc) is 3.12. The summed E-state index contributed by atoms with van der Waals surface area (Å²) in [6, 6.07) is 0. The van der Waals surface area contributed by atoms with E-state index in [4.69, 9.17) is 0 Å². The minimum Gasteiger partial charge on any atom is -0.337 e. The van der Waals surface area contributed by atoms with Crippen molar-refractivity contribution in [1.29, 1.82) is 0 Å². The molecule has 2 heterocycles. The van der Waals surface area contributed by atoms with Crippen LogP contribution in [0.1, 0.15) is 44.9 Å². The van der Waals surface area contributed by atoms with Crippen LogP contribution in [0.4, 0.5) is 132 Å². The first-order valence-electron chi connectivity index (χ1n) is 16.7. The number of halogens is 30. The molecule has 0 radical (unpaired) electrons. The fourth-order valence-electron chi connectivity index (χ4n) is 6.14. The summed E-state index contributed by atoms with van der Waals surface area (Å²) in [6.45, 7) is -4.59. The molecule has 2 aliphatic rings. The molecule has 4 nitrogen and oxygen atoms in total. The van der Waals surface area contributed by atoms with Crippen molar-refractivity contribution < 1.29 is 141 Å². The molecule has 0 saturated carbocycles. The van der Waals surface area contributed by atoms with Crippen LogP contribution in [0.2, 0.25) is 0 Å². The predicted octanol–water partition coefficient (Wildman–Crippen LogP) is 11.4. The van der Waals surface area contributed by atoms with Gasteiger partial charge in [-0.25, -0.2) is 0 Å². The molecule has 0 aromatic carbocycles. The molecule has 0 unspecified atom stereocenters. The van der Waals surface area contributed by atoms with Gasteiger partial charge in [0, 0.05) is 26.2 Å². The van der Waals surface area contributed by atoms with Crippen LogP contribution in [0.15, 0.2) is 0 Å². The van der Waals surface area contributed by atoms with E-state index in [1.54, 1.807) is 0 Å². The summed E-state index contributed by atoms with van der Waals surface area (Å²) >= 11 is 0. The Hall–Kier alpha value is -3.16. The first-order chi connectivity index (χ1) is 27.5. The number of nitrogens with zero attached hydrogens (tertiary/aromatic N) is 2. The van der Waals surface area contributed by atoms with Crippen LogP contribution in [0.3, 0.4) is 0 Å². The summed E-state index contributed by atoms with van der Waals surface area (Å²) in [5, 5.41) is 0. The van der Waals surface area contributed by atoms with Gasteiger partial charge in [0.05, 0.1) is 0 Å². The smallest absolute Gasteiger partial charge is 0.337 e. The summed E-state index contributed by atoms with van der Waals surface area (Å²) in [4.78, 5) is 23.3. The highest BCUT2D eigenvalue weighted by molar-refractivity contribution is 5.85. The van der Waals surface area contributed by atoms with Crippen molar-refractivity contribution >= 4 is 11.8 Å². The first kappa shape index (κ1) is 56.0. The largest absolute Gasteiger partial charge is 0.460 e. The molecular weight excluding hydrogens is 978 g/mol. The summed E-state index contributed by atoms with van der Waals surface area (Å²) < 4.78 is 404. The van der Waals surface area contributed by atoms with Crippen molar-refractivity contribution in [2.24, 2.45) is 11.8 Å². The zero-order valence-electron chi connectivity index (χ0n) is 30.0. The van der Waals surface area contributed by atoms with Crippen LogP contribution < -0.4 is 0 Å². The van der Waals surface area contributed by atoms with E-state index in [2.05, 4.69) is 0 Å². The molecule has 0 atom stereocenters. The third-order valence-corrected chi connectivity index (χ3v) is 10.2. The second-order valence-electron chi connectivity index (χ2n) is 14.3. The minimum absolute atomic E-state index is 0.0736. The number of likely N-dealkylation sites (tertiary alicyclic amines) is 2.